The minimum atomic E-state index is -0.0216. The van der Waals surface area contributed by atoms with Gasteiger partial charge in [-0.3, -0.25) is 4.79 Å². The molecule has 0 radical (unpaired) electrons. The molecule has 0 saturated heterocycles. The van der Waals surface area contributed by atoms with E-state index < -0.39 is 0 Å². The summed E-state index contributed by atoms with van der Waals surface area (Å²) in [5.41, 5.74) is 1.13. The molecule has 0 fully saturated rings. The molecule has 1 aromatic rings. The third kappa shape index (κ3) is 4.87. The van der Waals surface area contributed by atoms with E-state index in [4.69, 9.17) is 9.84 Å². The van der Waals surface area contributed by atoms with Crippen molar-refractivity contribution in [2.45, 2.75) is 13.3 Å². The fourth-order valence-corrected chi connectivity index (χ4v) is 1.43. The second kappa shape index (κ2) is 6.91. The zero-order valence-corrected chi connectivity index (χ0v) is 10.3. The van der Waals surface area contributed by atoms with Crippen LogP contribution in [0.15, 0.2) is 24.3 Å². The Kier molecular flexibility index (Phi) is 5.49. The summed E-state index contributed by atoms with van der Waals surface area (Å²) in [6.45, 7) is 2.70. The molecule has 0 aromatic heterocycles. The smallest absolute Gasteiger partial charge is 0.225 e. The van der Waals surface area contributed by atoms with Gasteiger partial charge >= 0.3 is 0 Å². The number of amides is 1. The highest BCUT2D eigenvalue weighted by atomic mass is 16.5. The minimum absolute atomic E-state index is 0.0129. The van der Waals surface area contributed by atoms with Gasteiger partial charge in [0.15, 0.2) is 0 Å². The van der Waals surface area contributed by atoms with E-state index in [1.165, 1.54) is 4.90 Å². The zero-order valence-electron chi connectivity index (χ0n) is 10.3. The predicted octanol–water partition coefficient (Wildman–Crippen LogP) is 1.21. The maximum Gasteiger partial charge on any atom is 0.225 e. The summed E-state index contributed by atoms with van der Waals surface area (Å²) in [7, 11) is 1.67. The van der Waals surface area contributed by atoms with Crippen LogP contribution >= 0.6 is 0 Å². The van der Waals surface area contributed by atoms with E-state index >= 15 is 0 Å². The first-order valence-corrected chi connectivity index (χ1v) is 5.68. The van der Waals surface area contributed by atoms with Gasteiger partial charge in [-0.05, 0) is 24.6 Å². The molecule has 0 aliphatic carbocycles. The van der Waals surface area contributed by atoms with Crippen molar-refractivity contribution in [1.82, 2.24) is 4.90 Å². The number of hydrogen-bond acceptors (Lipinski definition) is 3. The van der Waals surface area contributed by atoms with Crippen LogP contribution in [0.1, 0.15) is 12.0 Å². The molecule has 0 spiro atoms. The number of carbonyl (C=O) groups is 1. The lowest BCUT2D eigenvalue weighted by Gasteiger charge is -2.15. The summed E-state index contributed by atoms with van der Waals surface area (Å²) in [6.07, 6.45) is 0.324. The number of aryl methyl sites for hydroxylation is 1. The van der Waals surface area contributed by atoms with Crippen molar-refractivity contribution >= 4 is 5.91 Å². The maximum atomic E-state index is 11.5. The summed E-state index contributed by atoms with van der Waals surface area (Å²) < 4.78 is 5.48. The third-order valence-electron chi connectivity index (χ3n) is 2.44. The van der Waals surface area contributed by atoms with Gasteiger partial charge in [0.1, 0.15) is 5.75 Å². The molecular weight excluding hydrogens is 218 g/mol. The number of hydrogen-bond donors (Lipinski definition) is 1. The van der Waals surface area contributed by atoms with Crippen LogP contribution in [0.4, 0.5) is 0 Å². The molecule has 4 heteroatoms. The van der Waals surface area contributed by atoms with Gasteiger partial charge in [0, 0.05) is 13.6 Å². The summed E-state index contributed by atoms with van der Waals surface area (Å²) >= 11 is 0. The number of likely N-dealkylation sites (N-methyl/N-ethyl adjacent to an activating group) is 1. The van der Waals surface area contributed by atoms with Crippen LogP contribution in [0.5, 0.6) is 5.75 Å². The molecule has 1 N–H and O–H groups in total. The Balaban J connectivity index is 2.30. The largest absolute Gasteiger partial charge is 0.493 e. The lowest BCUT2D eigenvalue weighted by atomic mass is 10.2. The van der Waals surface area contributed by atoms with Gasteiger partial charge in [-0.1, -0.05) is 12.1 Å². The van der Waals surface area contributed by atoms with Crippen molar-refractivity contribution < 1.29 is 14.6 Å². The van der Waals surface area contributed by atoms with E-state index in [0.29, 0.717) is 19.6 Å². The van der Waals surface area contributed by atoms with Gasteiger partial charge in [0.05, 0.1) is 19.6 Å². The number of aliphatic hydroxyl groups is 1. The standard InChI is InChI=1S/C13H19NO3/c1-11-4-3-5-12(10-11)17-9-6-13(16)14(2)7-8-15/h3-5,10,15H,6-9H2,1-2H3. The molecule has 0 aliphatic rings. The normalized spacial score (nSPS) is 10.1. The van der Waals surface area contributed by atoms with Crippen LogP contribution in [-0.2, 0) is 4.79 Å². The molecule has 1 aromatic carbocycles. The van der Waals surface area contributed by atoms with Gasteiger partial charge in [-0.15, -0.1) is 0 Å². The second-order valence-electron chi connectivity index (χ2n) is 3.95. The van der Waals surface area contributed by atoms with Crippen molar-refractivity contribution in [3.05, 3.63) is 29.8 Å². The van der Waals surface area contributed by atoms with E-state index in [2.05, 4.69) is 0 Å². The topological polar surface area (TPSA) is 49.8 Å². The lowest BCUT2D eigenvalue weighted by molar-refractivity contribution is -0.130. The summed E-state index contributed by atoms with van der Waals surface area (Å²) in [5, 5.41) is 8.69. The molecule has 1 amide bonds. The molecule has 94 valence electrons. The third-order valence-corrected chi connectivity index (χ3v) is 2.44. The number of benzene rings is 1. The first-order chi connectivity index (χ1) is 8.13. The van der Waals surface area contributed by atoms with Gasteiger partial charge in [-0.2, -0.15) is 0 Å². The second-order valence-corrected chi connectivity index (χ2v) is 3.95. The van der Waals surface area contributed by atoms with Crippen LogP contribution in [-0.4, -0.2) is 42.7 Å². The highest BCUT2D eigenvalue weighted by molar-refractivity contribution is 5.75. The van der Waals surface area contributed by atoms with Crippen molar-refractivity contribution in [2.24, 2.45) is 0 Å². The Morgan fingerprint density at radius 1 is 1.47 bits per heavy atom. The SMILES string of the molecule is Cc1cccc(OCCC(=O)N(C)CCO)c1. The molecule has 0 saturated carbocycles. The average Bonchev–Trinajstić information content (AvgIpc) is 2.29. The fraction of sp³-hybridized carbons (Fsp3) is 0.462. The van der Waals surface area contributed by atoms with Crippen molar-refractivity contribution in [2.75, 3.05) is 26.8 Å². The molecule has 1 rings (SSSR count). The van der Waals surface area contributed by atoms with Crippen LogP contribution < -0.4 is 4.74 Å². The molecule has 0 heterocycles. The molecule has 0 atom stereocenters. The Morgan fingerprint density at radius 2 is 2.24 bits per heavy atom. The summed E-state index contributed by atoms with van der Waals surface area (Å²) in [5.74, 6) is 0.759. The number of aliphatic hydroxyl groups excluding tert-OH is 1. The van der Waals surface area contributed by atoms with Crippen molar-refractivity contribution in [3.8, 4) is 5.75 Å². The lowest BCUT2D eigenvalue weighted by Crippen LogP contribution is -2.30. The van der Waals surface area contributed by atoms with Gasteiger partial charge in [0.25, 0.3) is 0 Å². The highest BCUT2D eigenvalue weighted by Gasteiger charge is 2.07. The monoisotopic (exact) mass is 237 g/mol. The molecule has 17 heavy (non-hydrogen) atoms. The Bertz CT molecular complexity index is 365. The predicted molar refractivity (Wildman–Crippen MR) is 66.0 cm³/mol. The number of rotatable bonds is 6. The molecule has 0 unspecified atom stereocenters. The molecule has 0 bridgehead atoms. The number of carbonyl (C=O) groups excluding carboxylic acids is 1. The van der Waals surface area contributed by atoms with E-state index in [1.54, 1.807) is 7.05 Å². The average molecular weight is 237 g/mol. The van der Waals surface area contributed by atoms with Gasteiger partial charge in [0.2, 0.25) is 5.91 Å². The van der Waals surface area contributed by atoms with Gasteiger partial charge < -0.3 is 14.7 Å². The molecule has 0 aliphatic heterocycles. The van der Waals surface area contributed by atoms with E-state index in [0.717, 1.165) is 11.3 Å². The number of ether oxygens (including phenoxy) is 1. The quantitative estimate of drug-likeness (QED) is 0.809. The first-order valence-electron chi connectivity index (χ1n) is 5.68. The summed E-state index contributed by atoms with van der Waals surface area (Å²) in [4.78, 5) is 13.0. The molecule has 4 nitrogen and oxygen atoms in total. The van der Waals surface area contributed by atoms with Crippen molar-refractivity contribution in [1.29, 1.82) is 0 Å². The van der Waals surface area contributed by atoms with E-state index in [-0.39, 0.29) is 12.5 Å². The van der Waals surface area contributed by atoms with Crippen LogP contribution in [0.3, 0.4) is 0 Å². The highest BCUT2D eigenvalue weighted by Crippen LogP contribution is 2.12. The summed E-state index contributed by atoms with van der Waals surface area (Å²) in [6, 6.07) is 7.72. The van der Waals surface area contributed by atoms with Crippen molar-refractivity contribution in [3.63, 3.8) is 0 Å². The van der Waals surface area contributed by atoms with Crippen LogP contribution in [0.2, 0.25) is 0 Å². The Hall–Kier alpha value is -1.55. The Morgan fingerprint density at radius 3 is 2.88 bits per heavy atom. The minimum Gasteiger partial charge on any atom is -0.493 e. The van der Waals surface area contributed by atoms with Crippen LogP contribution in [0.25, 0.3) is 0 Å². The molecular formula is C13H19NO3. The van der Waals surface area contributed by atoms with E-state index in [9.17, 15) is 4.79 Å². The number of nitrogens with zero attached hydrogens (tertiary/aromatic N) is 1. The van der Waals surface area contributed by atoms with E-state index in [1.807, 2.05) is 31.2 Å². The van der Waals surface area contributed by atoms with Gasteiger partial charge in [-0.25, -0.2) is 0 Å². The maximum absolute atomic E-state index is 11.5. The first kappa shape index (κ1) is 13.5. The zero-order chi connectivity index (χ0) is 12.7. The fourth-order valence-electron chi connectivity index (χ4n) is 1.43. The Labute approximate surface area is 102 Å². The van der Waals surface area contributed by atoms with Crippen LogP contribution in [0, 0.1) is 6.92 Å².